The van der Waals surface area contributed by atoms with E-state index in [4.69, 9.17) is 9.15 Å². The van der Waals surface area contributed by atoms with E-state index in [2.05, 4.69) is 18.4 Å². The van der Waals surface area contributed by atoms with E-state index < -0.39 is 18.4 Å². The summed E-state index contributed by atoms with van der Waals surface area (Å²) in [4.78, 5) is 24.7. The molecule has 154 valence electrons. The minimum Gasteiger partial charge on any atom is -0.453 e. The van der Waals surface area contributed by atoms with E-state index in [-0.39, 0.29) is 11.3 Å². The molecule has 2 heterocycles. The van der Waals surface area contributed by atoms with Crippen LogP contribution < -0.4 is 0 Å². The number of hydrogen-bond acceptors (Lipinski definition) is 5. The number of esters is 1. The van der Waals surface area contributed by atoms with Crippen molar-refractivity contribution in [2.45, 2.75) is 34.2 Å². The second kappa shape index (κ2) is 8.83. The Hall–Kier alpha value is -3.59. The normalized spacial score (nSPS) is 11.7. The Kier molecular flexibility index (Phi) is 6.22. The number of nitriles is 1. The lowest BCUT2D eigenvalue weighted by molar-refractivity contribution is -0.137. The molecular weight excluding hydrogens is 380 g/mol. The monoisotopic (exact) mass is 404 g/mol. The van der Waals surface area contributed by atoms with Crippen LogP contribution in [-0.4, -0.2) is 22.9 Å². The molecule has 0 aliphatic rings. The van der Waals surface area contributed by atoms with Crippen molar-refractivity contribution in [3.8, 4) is 6.07 Å². The van der Waals surface area contributed by atoms with Gasteiger partial charge in [-0.15, -0.1) is 0 Å². The Bertz CT molecular complexity index is 1140. The van der Waals surface area contributed by atoms with Gasteiger partial charge in [0.1, 0.15) is 17.2 Å². The molecule has 0 saturated carbocycles. The average molecular weight is 404 g/mol. The fourth-order valence-electron chi connectivity index (χ4n) is 3.31. The van der Waals surface area contributed by atoms with E-state index in [0.29, 0.717) is 11.5 Å². The number of hydrogen-bond donors (Lipinski definition) is 0. The van der Waals surface area contributed by atoms with Gasteiger partial charge in [0.2, 0.25) is 5.78 Å². The number of carbonyl (C=O) groups excluding carboxylic acids is 2. The summed E-state index contributed by atoms with van der Waals surface area (Å²) < 4.78 is 12.7. The fraction of sp³-hybridized carbons (Fsp3) is 0.292. The smallest absolute Gasteiger partial charge is 0.349 e. The van der Waals surface area contributed by atoms with Gasteiger partial charge in [-0.05, 0) is 49.6 Å². The van der Waals surface area contributed by atoms with Crippen molar-refractivity contribution < 1.29 is 18.7 Å². The molecule has 3 rings (SSSR count). The highest BCUT2D eigenvalue weighted by Crippen LogP contribution is 2.21. The lowest BCUT2D eigenvalue weighted by Gasteiger charge is -2.12. The number of fused-ring (bicyclic) bond motifs is 1. The summed E-state index contributed by atoms with van der Waals surface area (Å²) in [6.07, 6.45) is 1.51. The maximum absolute atomic E-state index is 12.4. The molecule has 3 aromatic rings. The highest BCUT2D eigenvalue weighted by molar-refractivity contribution is 6.02. The molecule has 0 atom stereocenters. The number of carbonyl (C=O) groups is 2. The molecule has 2 aromatic heterocycles. The van der Waals surface area contributed by atoms with Crippen LogP contribution >= 0.6 is 0 Å². The maximum Gasteiger partial charge on any atom is 0.349 e. The van der Waals surface area contributed by atoms with Crippen LogP contribution in [-0.2, 0) is 16.1 Å². The quantitative estimate of drug-likeness (QED) is 0.243. The van der Waals surface area contributed by atoms with Gasteiger partial charge in [0.05, 0.1) is 0 Å². The van der Waals surface area contributed by atoms with Crippen molar-refractivity contribution in [3.05, 3.63) is 64.7 Å². The van der Waals surface area contributed by atoms with Gasteiger partial charge < -0.3 is 13.7 Å². The molecule has 0 unspecified atom stereocenters. The van der Waals surface area contributed by atoms with E-state index in [1.165, 1.54) is 6.08 Å². The predicted molar refractivity (Wildman–Crippen MR) is 114 cm³/mol. The summed E-state index contributed by atoms with van der Waals surface area (Å²) in [5, 5.41) is 10.2. The van der Waals surface area contributed by atoms with E-state index in [9.17, 15) is 14.9 Å². The predicted octanol–water partition coefficient (Wildman–Crippen LogP) is 4.84. The van der Waals surface area contributed by atoms with Crippen molar-refractivity contribution in [1.82, 2.24) is 4.57 Å². The van der Waals surface area contributed by atoms with E-state index in [0.717, 1.165) is 28.9 Å². The molecule has 0 saturated heterocycles. The lowest BCUT2D eigenvalue weighted by Crippen LogP contribution is -2.14. The first-order chi connectivity index (χ1) is 14.3. The zero-order valence-corrected chi connectivity index (χ0v) is 17.6. The highest BCUT2D eigenvalue weighted by Gasteiger charge is 2.18. The van der Waals surface area contributed by atoms with Crippen molar-refractivity contribution in [1.29, 1.82) is 5.26 Å². The Morgan fingerprint density at radius 2 is 1.97 bits per heavy atom. The topological polar surface area (TPSA) is 85.2 Å². The number of para-hydroxylation sites is 1. The van der Waals surface area contributed by atoms with Crippen molar-refractivity contribution in [2.24, 2.45) is 5.92 Å². The molecule has 0 N–H and O–H groups in total. The standard InChI is InChI=1S/C24H24N2O4/c1-15(2)13-26-16(3)9-19(17(26)4)10-20(12-25)24(28)29-14-21(27)23-11-18-7-5-6-8-22(18)30-23/h5-11,15H,13-14H2,1-4H3/b20-10+. The number of nitrogens with zero attached hydrogens (tertiary/aromatic N) is 2. The first-order valence-corrected chi connectivity index (χ1v) is 9.77. The molecule has 0 spiro atoms. The molecule has 0 bridgehead atoms. The molecular formula is C24H24N2O4. The number of ether oxygens (including phenoxy) is 1. The van der Waals surface area contributed by atoms with Crippen molar-refractivity contribution in [3.63, 3.8) is 0 Å². The average Bonchev–Trinajstić information content (AvgIpc) is 3.26. The number of rotatable bonds is 7. The largest absolute Gasteiger partial charge is 0.453 e. The lowest BCUT2D eigenvalue weighted by atomic mass is 10.1. The number of aromatic nitrogens is 1. The summed E-state index contributed by atoms with van der Waals surface area (Å²) in [5.74, 6) is -0.720. The Balaban J connectivity index is 1.72. The second-order valence-corrected chi connectivity index (χ2v) is 7.65. The minimum absolute atomic E-state index is 0.115. The second-order valence-electron chi connectivity index (χ2n) is 7.65. The van der Waals surface area contributed by atoms with Crippen LogP contribution in [0.3, 0.4) is 0 Å². The zero-order valence-electron chi connectivity index (χ0n) is 17.6. The van der Waals surface area contributed by atoms with Gasteiger partial charge in [-0.2, -0.15) is 5.26 Å². The van der Waals surface area contributed by atoms with Crippen LogP contribution in [0.2, 0.25) is 0 Å². The molecule has 0 amide bonds. The third-order valence-corrected chi connectivity index (χ3v) is 4.84. The molecule has 6 heteroatoms. The van der Waals surface area contributed by atoms with Crippen LogP contribution in [0.25, 0.3) is 17.0 Å². The molecule has 0 aliphatic heterocycles. The maximum atomic E-state index is 12.4. The fourth-order valence-corrected chi connectivity index (χ4v) is 3.31. The van der Waals surface area contributed by atoms with Gasteiger partial charge >= 0.3 is 5.97 Å². The molecule has 1 aromatic carbocycles. The molecule has 30 heavy (non-hydrogen) atoms. The van der Waals surface area contributed by atoms with Crippen LogP contribution in [0.1, 0.15) is 41.4 Å². The highest BCUT2D eigenvalue weighted by atomic mass is 16.5. The number of furan rings is 1. The van der Waals surface area contributed by atoms with Crippen LogP contribution in [0.5, 0.6) is 0 Å². The van der Waals surface area contributed by atoms with Gasteiger partial charge in [-0.1, -0.05) is 32.0 Å². The molecule has 6 nitrogen and oxygen atoms in total. The Labute approximate surface area is 175 Å². The van der Waals surface area contributed by atoms with Gasteiger partial charge in [-0.25, -0.2) is 4.79 Å². The summed E-state index contributed by atoms with van der Waals surface area (Å²) >= 11 is 0. The summed E-state index contributed by atoms with van der Waals surface area (Å²) in [5.41, 5.74) is 3.24. The molecule has 0 fully saturated rings. The Morgan fingerprint density at radius 1 is 1.23 bits per heavy atom. The van der Waals surface area contributed by atoms with E-state index in [1.807, 2.05) is 44.2 Å². The van der Waals surface area contributed by atoms with E-state index >= 15 is 0 Å². The molecule has 0 aliphatic carbocycles. The van der Waals surface area contributed by atoms with Gasteiger partial charge in [0.25, 0.3) is 0 Å². The Morgan fingerprint density at radius 3 is 2.63 bits per heavy atom. The van der Waals surface area contributed by atoms with Gasteiger partial charge in [-0.3, -0.25) is 4.79 Å². The third kappa shape index (κ3) is 4.52. The van der Waals surface area contributed by atoms with Crippen molar-refractivity contribution in [2.75, 3.05) is 6.61 Å². The van der Waals surface area contributed by atoms with Gasteiger partial charge in [0.15, 0.2) is 12.4 Å². The first kappa shape index (κ1) is 21.1. The summed E-state index contributed by atoms with van der Waals surface area (Å²) in [6.45, 7) is 8.56. The number of ketones is 1. The number of Topliss-reactive ketones (excluding diaryl/α,β-unsaturated/α-hetero) is 1. The summed E-state index contributed by atoms with van der Waals surface area (Å²) in [6, 6.07) is 12.6. The van der Waals surface area contributed by atoms with Crippen LogP contribution in [0.4, 0.5) is 0 Å². The van der Waals surface area contributed by atoms with Crippen LogP contribution in [0, 0.1) is 31.1 Å². The SMILES string of the molecule is Cc1cc(/C=C(\C#N)C(=O)OCC(=O)c2cc3ccccc3o2)c(C)n1CC(C)C. The summed E-state index contributed by atoms with van der Waals surface area (Å²) in [7, 11) is 0. The van der Waals surface area contributed by atoms with Gasteiger partial charge in [0, 0.05) is 23.3 Å². The van der Waals surface area contributed by atoms with Crippen LogP contribution in [0.15, 0.2) is 46.4 Å². The third-order valence-electron chi connectivity index (χ3n) is 4.84. The van der Waals surface area contributed by atoms with Crippen molar-refractivity contribution >= 4 is 28.8 Å². The number of aryl methyl sites for hydroxylation is 1. The van der Waals surface area contributed by atoms with E-state index in [1.54, 1.807) is 12.1 Å². The number of benzene rings is 1. The first-order valence-electron chi connectivity index (χ1n) is 9.77. The zero-order chi connectivity index (χ0) is 21.8. The molecule has 0 radical (unpaired) electrons. The minimum atomic E-state index is -0.837.